The van der Waals surface area contributed by atoms with Gasteiger partial charge in [0, 0.05) is 18.6 Å². The molecule has 1 N–H and O–H groups in total. The number of halogens is 3. The molecule has 0 fully saturated rings. The number of hydrogen-bond donors (Lipinski definition) is 1. The molecular weight excluding hydrogens is 485 g/mol. The lowest BCUT2D eigenvalue weighted by Crippen LogP contribution is -2.50. The molecule has 0 heterocycles. The second-order valence-electron chi connectivity index (χ2n) is 6.81. The molecule has 2 amide bonds. The molecule has 1 atom stereocenters. The Bertz CT molecular complexity index is 1080. The van der Waals surface area contributed by atoms with Gasteiger partial charge in [-0.3, -0.25) is 13.9 Å². The molecule has 0 bridgehead atoms. The number of nitrogens with one attached hydrogen (secondary N) is 1. The molecule has 0 spiro atoms. The zero-order valence-electron chi connectivity index (χ0n) is 17.1. The fraction of sp³-hybridized carbons (Fsp3) is 0.300. The van der Waals surface area contributed by atoms with Gasteiger partial charge in [0.2, 0.25) is 21.8 Å². The summed E-state index contributed by atoms with van der Waals surface area (Å²) in [4.78, 5) is 26.8. The number of rotatable bonds is 8. The van der Waals surface area contributed by atoms with Crippen LogP contribution in [0.4, 0.5) is 5.69 Å². The van der Waals surface area contributed by atoms with Crippen molar-refractivity contribution in [2.75, 3.05) is 24.2 Å². The predicted molar refractivity (Wildman–Crippen MR) is 124 cm³/mol. The number of likely N-dealkylation sites (N-methyl/N-ethyl adjacent to an activating group) is 1. The molecule has 31 heavy (non-hydrogen) atoms. The zero-order valence-corrected chi connectivity index (χ0v) is 20.2. The minimum absolute atomic E-state index is 0.0253. The maximum Gasteiger partial charge on any atom is 0.244 e. The number of nitrogens with zero attached hydrogens (tertiary/aromatic N) is 2. The van der Waals surface area contributed by atoms with Crippen LogP contribution in [-0.4, -0.2) is 51.0 Å². The van der Waals surface area contributed by atoms with E-state index < -0.39 is 34.4 Å². The highest BCUT2D eigenvalue weighted by atomic mass is 35.5. The van der Waals surface area contributed by atoms with Gasteiger partial charge in [-0.1, -0.05) is 46.9 Å². The van der Waals surface area contributed by atoms with E-state index in [1.807, 2.05) is 0 Å². The van der Waals surface area contributed by atoms with Crippen LogP contribution < -0.4 is 9.62 Å². The summed E-state index contributed by atoms with van der Waals surface area (Å²) in [5.74, 6) is -0.977. The third-order valence-corrected chi connectivity index (χ3v) is 6.64. The maximum absolute atomic E-state index is 13.2. The van der Waals surface area contributed by atoms with Crippen molar-refractivity contribution in [1.82, 2.24) is 10.2 Å². The highest BCUT2D eigenvalue weighted by Crippen LogP contribution is 2.25. The number of carbonyl (C=O) groups is 2. The zero-order chi connectivity index (χ0) is 23.3. The van der Waals surface area contributed by atoms with Gasteiger partial charge in [-0.2, -0.15) is 0 Å². The number of amides is 2. The van der Waals surface area contributed by atoms with Crippen molar-refractivity contribution < 1.29 is 18.0 Å². The second-order valence-corrected chi connectivity index (χ2v) is 9.97. The molecule has 168 valence electrons. The molecule has 0 radical (unpaired) electrons. The highest BCUT2D eigenvalue weighted by Gasteiger charge is 2.29. The Morgan fingerprint density at radius 1 is 1.06 bits per heavy atom. The van der Waals surface area contributed by atoms with E-state index in [-0.39, 0.29) is 12.2 Å². The van der Waals surface area contributed by atoms with Crippen LogP contribution in [0.2, 0.25) is 15.1 Å². The van der Waals surface area contributed by atoms with E-state index in [0.717, 1.165) is 10.6 Å². The average molecular weight is 507 g/mol. The van der Waals surface area contributed by atoms with E-state index in [9.17, 15) is 18.0 Å². The van der Waals surface area contributed by atoms with Gasteiger partial charge in [-0.25, -0.2) is 8.42 Å². The predicted octanol–water partition coefficient (Wildman–Crippen LogP) is 3.58. The topological polar surface area (TPSA) is 86.8 Å². The first-order valence-corrected chi connectivity index (χ1v) is 12.1. The normalized spacial score (nSPS) is 12.2. The highest BCUT2D eigenvalue weighted by molar-refractivity contribution is 7.92. The molecule has 11 heteroatoms. The Morgan fingerprint density at radius 2 is 1.74 bits per heavy atom. The lowest BCUT2D eigenvalue weighted by molar-refractivity contribution is -0.139. The molecule has 0 aliphatic heterocycles. The summed E-state index contributed by atoms with van der Waals surface area (Å²) in [6.45, 7) is 1.07. The average Bonchev–Trinajstić information content (AvgIpc) is 2.70. The van der Waals surface area contributed by atoms with E-state index in [4.69, 9.17) is 34.8 Å². The molecule has 2 rings (SSSR count). The molecule has 0 unspecified atom stereocenters. The molecule has 7 nitrogen and oxygen atoms in total. The summed E-state index contributed by atoms with van der Waals surface area (Å²) in [6, 6.07) is 10.1. The van der Waals surface area contributed by atoms with Gasteiger partial charge in [0.05, 0.1) is 22.0 Å². The van der Waals surface area contributed by atoms with Crippen LogP contribution in [0, 0.1) is 0 Å². The van der Waals surface area contributed by atoms with Crippen molar-refractivity contribution in [2.45, 2.75) is 19.5 Å². The summed E-state index contributed by atoms with van der Waals surface area (Å²) in [5, 5.41) is 3.48. The van der Waals surface area contributed by atoms with Crippen molar-refractivity contribution in [3.63, 3.8) is 0 Å². The van der Waals surface area contributed by atoms with Crippen LogP contribution in [0.1, 0.15) is 12.5 Å². The molecule has 0 saturated heterocycles. The first kappa shape index (κ1) is 25.3. The minimum Gasteiger partial charge on any atom is -0.357 e. The summed E-state index contributed by atoms with van der Waals surface area (Å²) < 4.78 is 25.7. The number of hydrogen-bond acceptors (Lipinski definition) is 4. The SMILES string of the molecule is CNC(=O)[C@@H](C)N(Cc1ccc(Cl)c(Cl)c1)C(=O)CN(c1cccc(Cl)c1)S(C)(=O)=O. The van der Waals surface area contributed by atoms with Gasteiger partial charge in [0.1, 0.15) is 12.6 Å². The van der Waals surface area contributed by atoms with Crippen molar-refractivity contribution in [2.24, 2.45) is 0 Å². The Hall–Kier alpha value is -2.00. The van der Waals surface area contributed by atoms with Crippen LogP contribution in [-0.2, 0) is 26.2 Å². The first-order chi connectivity index (χ1) is 14.4. The van der Waals surface area contributed by atoms with Crippen LogP contribution in [0.15, 0.2) is 42.5 Å². The monoisotopic (exact) mass is 505 g/mol. The van der Waals surface area contributed by atoms with E-state index >= 15 is 0 Å². The fourth-order valence-electron chi connectivity index (χ4n) is 2.87. The molecule has 0 aromatic heterocycles. The van der Waals surface area contributed by atoms with E-state index in [1.165, 1.54) is 24.1 Å². The van der Waals surface area contributed by atoms with Gasteiger partial charge in [-0.15, -0.1) is 0 Å². The van der Waals surface area contributed by atoms with Gasteiger partial charge >= 0.3 is 0 Å². The molecular formula is C20H22Cl3N3O4S. The van der Waals surface area contributed by atoms with Gasteiger partial charge < -0.3 is 10.2 Å². The van der Waals surface area contributed by atoms with Crippen molar-refractivity contribution in [3.05, 3.63) is 63.1 Å². The van der Waals surface area contributed by atoms with Gasteiger partial charge in [0.25, 0.3) is 0 Å². The summed E-state index contributed by atoms with van der Waals surface area (Å²) in [5.41, 5.74) is 0.873. The van der Waals surface area contributed by atoms with E-state index in [1.54, 1.807) is 37.3 Å². The summed E-state index contributed by atoms with van der Waals surface area (Å²) in [6.07, 6.45) is 0.993. The standard InChI is InChI=1S/C20H22Cl3N3O4S/c1-13(20(28)24-2)25(11-14-7-8-17(22)18(23)9-14)19(27)12-26(31(3,29)30)16-6-4-5-15(21)10-16/h4-10,13H,11-12H2,1-3H3,(H,24,28)/t13-/m1/s1. The first-order valence-electron chi connectivity index (χ1n) is 9.12. The number of benzene rings is 2. The quantitative estimate of drug-likeness (QED) is 0.593. The molecule has 0 aliphatic carbocycles. The third-order valence-electron chi connectivity index (χ3n) is 4.53. The van der Waals surface area contributed by atoms with Gasteiger partial charge in [-0.05, 0) is 42.8 Å². The Kier molecular flexibility index (Phi) is 8.59. The number of carbonyl (C=O) groups excluding carboxylic acids is 2. The fourth-order valence-corrected chi connectivity index (χ4v) is 4.22. The molecule has 2 aromatic carbocycles. The minimum atomic E-state index is -3.81. The molecule has 2 aromatic rings. The number of sulfonamides is 1. The summed E-state index contributed by atoms with van der Waals surface area (Å²) >= 11 is 18.0. The lowest BCUT2D eigenvalue weighted by atomic mass is 10.1. The van der Waals surface area contributed by atoms with Crippen molar-refractivity contribution in [1.29, 1.82) is 0 Å². The van der Waals surface area contributed by atoms with Crippen LogP contribution in [0.3, 0.4) is 0 Å². The van der Waals surface area contributed by atoms with E-state index in [2.05, 4.69) is 5.32 Å². The Labute approximate surface area is 196 Å². The smallest absolute Gasteiger partial charge is 0.244 e. The van der Waals surface area contributed by atoms with Crippen molar-refractivity contribution >= 4 is 62.3 Å². The summed E-state index contributed by atoms with van der Waals surface area (Å²) in [7, 11) is -2.36. The Morgan fingerprint density at radius 3 is 2.29 bits per heavy atom. The second kappa shape index (κ2) is 10.5. The maximum atomic E-state index is 13.2. The molecule has 0 saturated carbocycles. The lowest BCUT2D eigenvalue weighted by Gasteiger charge is -2.31. The largest absolute Gasteiger partial charge is 0.357 e. The van der Waals surface area contributed by atoms with Crippen molar-refractivity contribution in [3.8, 4) is 0 Å². The van der Waals surface area contributed by atoms with Crippen LogP contribution >= 0.6 is 34.8 Å². The van der Waals surface area contributed by atoms with Crippen LogP contribution in [0.5, 0.6) is 0 Å². The van der Waals surface area contributed by atoms with Crippen LogP contribution in [0.25, 0.3) is 0 Å². The van der Waals surface area contributed by atoms with Gasteiger partial charge in [0.15, 0.2) is 0 Å². The number of anilines is 1. The van der Waals surface area contributed by atoms with E-state index in [0.29, 0.717) is 20.6 Å². The Balaban J connectivity index is 2.40. The third kappa shape index (κ3) is 6.74. The molecule has 0 aliphatic rings.